The first kappa shape index (κ1) is 13.9. The number of rotatable bonds is 3. The van der Waals surface area contributed by atoms with Crippen LogP contribution in [0.5, 0.6) is 0 Å². The van der Waals surface area contributed by atoms with Gasteiger partial charge in [-0.3, -0.25) is 4.79 Å². The van der Waals surface area contributed by atoms with E-state index < -0.39 is 0 Å². The summed E-state index contributed by atoms with van der Waals surface area (Å²) in [5, 5.41) is 3.15. The molecule has 0 aliphatic heterocycles. The van der Waals surface area contributed by atoms with Gasteiger partial charge in [-0.2, -0.15) is 0 Å². The molecule has 4 heteroatoms. The lowest BCUT2D eigenvalue weighted by Gasteiger charge is -2.28. The van der Waals surface area contributed by atoms with Crippen molar-refractivity contribution in [1.82, 2.24) is 5.32 Å². The van der Waals surface area contributed by atoms with Crippen molar-refractivity contribution in [2.75, 3.05) is 5.73 Å². The highest BCUT2D eigenvalue weighted by molar-refractivity contribution is 9.10. The maximum atomic E-state index is 12.3. The molecule has 0 radical (unpaired) electrons. The molecule has 108 valence electrons. The number of amides is 1. The van der Waals surface area contributed by atoms with E-state index in [0.717, 1.165) is 16.3 Å². The largest absolute Gasteiger partial charge is 0.398 e. The fourth-order valence-electron chi connectivity index (χ4n) is 4.04. The lowest BCUT2D eigenvalue weighted by Crippen LogP contribution is -2.40. The van der Waals surface area contributed by atoms with E-state index in [0.29, 0.717) is 17.2 Å². The van der Waals surface area contributed by atoms with Crippen LogP contribution in [-0.2, 0) is 0 Å². The van der Waals surface area contributed by atoms with Crippen LogP contribution in [0.2, 0.25) is 0 Å². The van der Waals surface area contributed by atoms with Gasteiger partial charge in [0.15, 0.2) is 0 Å². The molecule has 3 N–H and O–H groups in total. The van der Waals surface area contributed by atoms with Crippen LogP contribution in [0.25, 0.3) is 0 Å². The van der Waals surface area contributed by atoms with Crippen LogP contribution in [0.3, 0.4) is 0 Å². The number of hydrogen-bond acceptors (Lipinski definition) is 2. The van der Waals surface area contributed by atoms with Crippen molar-refractivity contribution in [3.05, 3.63) is 28.2 Å². The molecule has 2 bridgehead atoms. The second-order valence-corrected chi connectivity index (χ2v) is 7.25. The predicted octanol–water partition coefficient (Wildman–Crippen LogP) is 3.59. The van der Waals surface area contributed by atoms with Gasteiger partial charge >= 0.3 is 0 Å². The summed E-state index contributed by atoms with van der Waals surface area (Å²) in [4.78, 5) is 12.3. The molecule has 0 heterocycles. The highest BCUT2D eigenvalue weighted by Crippen LogP contribution is 2.49. The van der Waals surface area contributed by atoms with E-state index in [9.17, 15) is 4.79 Å². The molecular formula is C16H21BrN2O. The molecule has 1 aromatic rings. The van der Waals surface area contributed by atoms with Crippen LogP contribution in [0, 0.1) is 17.8 Å². The number of hydrogen-bond donors (Lipinski definition) is 2. The van der Waals surface area contributed by atoms with Gasteiger partial charge in [0, 0.05) is 16.2 Å². The molecule has 4 atom stereocenters. The maximum Gasteiger partial charge on any atom is 0.253 e. The van der Waals surface area contributed by atoms with Crippen LogP contribution < -0.4 is 11.1 Å². The van der Waals surface area contributed by atoms with E-state index >= 15 is 0 Å². The molecule has 2 aliphatic rings. The fraction of sp³-hybridized carbons (Fsp3) is 0.562. The number of halogens is 1. The Bertz CT molecular complexity index is 531. The van der Waals surface area contributed by atoms with E-state index in [1.807, 2.05) is 6.07 Å². The number of carbonyl (C=O) groups is 1. The molecule has 1 amide bonds. The summed E-state index contributed by atoms with van der Waals surface area (Å²) in [6, 6.07) is 5.65. The third-order valence-electron chi connectivity index (χ3n) is 5.05. The Morgan fingerprint density at radius 2 is 2.20 bits per heavy atom. The van der Waals surface area contributed by atoms with Crippen molar-refractivity contribution in [3.63, 3.8) is 0 Å². The van der Waals surface area contributed by atoms with Gasteiger partial charge in [-0.25, -0.2) is 0 Å². The minimum Gasteiger partial charge on any atom is -0.398 e. The summed E-state index contributed by atoms with van der Waals surface area (Å²) in [5.74, 6) is 2.32. The Hall–Kier alpha value is -1.03. The van der Waals surface area contributed by atoms with E-state index in [4.69, 9.17) is 5.73 Å². The standard InChI is InChI=1S/C16H21BrN2O/c1-9(14-7-10-2-3-11(14)6-10)19-16(20)13-5-4-12(17)8-15(13)18/h4-5,8-11,14H,2-3,6-7,18H2,1H3,(H,19,20). The number of nitrogens with one attached hydrogen (secondary N) is 1. The highest BCUT2D eigenvalue weighted by Gasteiger charge is 2.42. The quantitative estimate of drug-likeness (QED) is 0.828. The number of nitrogens with two attached hydrogens (primary N) is 1. The number of carbonyl (C=O) groups excluding carboxylic acids is 1. The maximum absolute atomic E-state index is 12.3. The normalized spacial score (nSPS) is 29.4. The minimum atomic E-state index is -0.0507. The van der Waals surface area contributed by atoms with Gasteiger partial charge < -0.3 is 11.1 Å². The van der Waals surface area contributed by atoms with Gasteiger partial charge in [0.05, 0.1) is 5.56 Å². The van der Waals surface area contributed by atoms with Gasteiger partial charge in [0.25, 0.3) is 5.91 Å². The molecule has 20 heavy (non-hydrogen) atoms. The monoisotopic (exact) mass is 336 g/mol. The Balaban J connectivity index is 1.66. The summed E-state index contributed by atoms with van der Waals surface area (Å²) >= 11 is 3.36. The molecule has 2 aliphatic carbocycles. The second kappa shape index (κ2) is 5.40. The molecule has 2 saturated carbocycles. The third kappa shape index (κ3) is 2.58. The van der Waals surface area contributed by atoms with E-state index in [1.165, 1.54) is 25.7 Å². The number of nitrogen functional groups attached to an aromatic ring is 1. The lowest BCUT2D eigenvalue weighted by atomic mass is 9.84. The van der Waals surface area contributed by atoms with Crippen LogP contribution in [0.15, 0.2) is 22.7 Å². The lowest BCUT2D eigenvalue weighted by molar-refractivity contribution is 0.0916. The molecule has 4 unspecified atom stereocenters. The zero-order chi connectivity index (χ0) is 14.3. The first-order valence-corrected chi connectivity index (χ1v) is 8.19. The van der Waals surface area contributed by atoms with Crippen LogP contribution in [0.4, 0.5) is 5.69 Å². The molecule has 0 spiro atoms. The van der Waals surface area contributed by atoms with Gasteiger partial charge in [0.2, 0.25) is 0 Å². The van der Waals surface area contributed by atoms with Crippen LogP contribution in [-0.4, -0.2) is 11.9 Å². The average Bonchev–Trinajstić information content (AvgIpc) is 3.00. The molecule has 1 aromatic carbocycles. The molecule has 3 rings (SSSR count). The summed E-state index contributed by atoms with van der Waals surface area (Å²) in [6.07, 6.45) is 5.38. The van der Waals surface area contributed by atoms with Gasteiger partial charge in [0.1, 0.15) is 0 Å². The van der Waals surface area contributed by atoms with Crippen molar-refractivity contribution in [1.29, 1.82) is 0 Å². The zero-order valence-corrected chi connectivity index (χ0v) is 13.3. The summed E-state index contributed by atoms with van der Waals surface area (Å²) in [7, 11) is 0. The van der Waals surface area contributed by atoms with Crippen molar-refractivity contribution < 1.29 is 4.79 Å². The topological polar surface area (TPSA) is 55.1 Å². The van der Waals surface area contributed by atoms with E-state index in [2.05, 4.69) is 28.2 Å². The summed E-state index contributed by atoms with van der Waals surface area (Å²) in [6.45, 7) is 2.14. The second-order valence-electron chi connectivity index (χ2n) is 6.33. The Labute approximate surface area is 128 Å². The zero-order valence-electron chi connectivity index (χ0n) is 11.7. The fourth-order valence-corrected chi connectivity index (χ4v) is 4.42. The van der Waals surface area contributed by atoms with Crippen molar-refractivity contribution in [3.8, 4) is 0 Å². The van der Waals surface area contributed by atoms with Gasteiger partial charge in [-0.1, -0.05) is 22.4 Å². The molecular weight excluding hydrogens is 316 g/mol. The Kier molecular flexibility index (Phi) is 3.76. The Morgan fingerprint density at radius 1 is 1.40 bits per heavy atom. The van der Waals surface area contributed by atoms with Gasteiger partial charge in [-0.15, -0.1) is 0 Å². The first-order valence-electron chi connectivity index (χ1n) is 7.40. The highest BCUT2D eigenvalue weighted by atomic mass is 79.9. The molecule has 2 fully saturated rings. The van der Waals surface area contributed by atoms with E-state index in [1.54, 1.807) is 12.1 Å². The summed E-state index contributed by atoms with van der Waals surface area (Å²) in [5.41, 5.74) is 7.02. The minimum absolute atomic E-state index is 0.0507. The molecule has 3 nitrogen and oxygen atoms in total. The van der Waals surface area contributed by atoms with Crippen molar-refractivity contribution in [2.45, 2.75) is 38.6 Å². The van der Waals surface area contributed by atoms with Crippen molar-refractivity contribution >= 4 is 27.5 Å². The molecule has 0 aromatic heterocycles. The third-order valence-corrected chi connectivity index (χ3v) is 5.55. The average molecular weight is 337 g/mol. The number of benzene rings is 1. The van der Waals surface area contributed by atoms with E-state index in [-0.39, 0.29) is 11.9 Å². The summed E-state index contributed by atoms with van der Waals surface area (Å²) < 4.78 is 0.896. The van der Waals surface area contributed by atoms with Crippen molar-refractivity contribution in [2.24, 2.45) is 17.8 Å². The smallest absolute Gasteiger partial charge is 0.253 e. The van der Waals surface area contributed by atoms with Crippen LogP contribution >= 0.6 is 15.9 Å². The number of anilines is 1. The first-order chi connectivity index (χ1) is 9.54. The predicted molar refractivity (Wildman–Crippen MR) is 84.4 cm³/mol. The molecule has 0 saturated heterocycles. The SMILES string of the molecule is CC(NC(=O)c1ccc(Br)cc1N)C1CC2CCC1C2. The Morgan fingerprint density at radius 3 is 2.80 bits per heavy atom. The van der Waals surface area contributed by atoms with Crippen LogP contribution in [0.1, 0.15) is 43.0 Å². The number of fused-ring (bicyclic) bond motifs is 2. The van der Waals surface area contributed by atoms with Gasteiger partial charge in [-0.05, 0) is 62.1 Å².